The van der Waals surface area contributed by atoms with E-state index in [0.717, 1.165) is 19.0 Å². The van der Waals surface area contributed by atoms with Gasteiger partial charge in [-0.3, -0.25) is 14.5 Å². The zero-order valence-corrected chi connectivity index (χ0v) is 9.78. The van der Waals surface area contributed by atoms with Crippen molar-refractivity contribution < 1.29 is 14.3 Å². The number of ketones is 1. The topological polar surface area (TPSA) is 46.6 Å². The molecule has 1 aliphatic carbocycles. The largest absolute Gasteiger partial charge is 0.466 e. The first-order valence-electron chi connectivity index (χ1n) is 6.13. The molecule has 1 aliphatic heterocycles. The van der Waals surface area contributed by atoms with E-state index in [1.165, 1.54) is 12.8 Å². The van der Waals surface area contributed by atoms with Crippen molar-refractivity contribution in [1.82, 2.24) is 4.90 Å². The Bertz CT molecular complexity index is 286. The molecular formula is C12H19NO3. The second-order valence-electron chi connectivity index (χ2n) is 4.68. The Morgan fingerprint density at radius 3 is 2.88 bits per heavy atom. The third-order valence-corrected chi connectivity index (χ3v) is 3.31. The maximum absolute atomic E-state index is 11.7. The molecule has 1 unspecified atom stereocenters. The molecule has 90 valence electrons. The first-order valence-corrected chi connectivity index (χ1v) is 6.13. The van der Waals surface area contributed by atoms with Crippen molar-refractivity contribution in [1.29, 1.82) is 0 Å². The summed E-state index contributed by atoms with van der Waals surface area (Å²) >= 11 is 0. The fourth-order valence-corrected chi connectivity index (χ4v) is 2.25. The van der Waals surface area contributed by atoms with Crippen LogP contribution < -0.4 is 0 Å². The molecule has 1 saturated carbocycles. The van der Waals surface area contributed by atoms with Crippen LogP contribution in [0.4, 0.5) is 0 Å². The first-order chi connectivity index (χ1) is 7.70. The van der Waals surface area contributed by atoms with Crippen LogP contribution in [0.3, 0.4) is 0 Å². The highest BCUT2D eigenvalue weighted by Gasteiger charge is 2.37. The molecule has 0 aromatic rings. The fraction of sp³-hybridized carbons (Fsp3) is 0.833. The number of ether oxygens (including phenoxy) is 1. The highest BCUT2D eigenvalue weighted by molar-refractivity contribution is 5.90. The average Bonchev–Trinajstić information content (AvgIpc) is 2.99. The molecule has 0 aromatic carbocycles. The Balaban J connectivity index is 1.87. The van der Waals surface area contributed by atoms with Crippen LogP contribution in [-0.4, -0.2) is 42.4 Å². The Kier molecular flexibility index (Phi) is 3.59. The van der Waals surface area contributed by atoms with Crippen LogP contribution in [0.1, 0.15) is 32.6 Å². The summed E-state index contributed by atoms with van der Waals surface area (Å²) in [7, 11) is 0. The summed E-state index contributed by atoms with van der Waals surface area (Å²) < 4.78 is 4.90. The molecule has 4 heteroatoms. The molecule has 16 heavy (non-hydrogen) atoms. The molecule has 1 atom stereocenters. The number of esters is 1. The van der Waals surface area contributed by atoms with Gasteiger partial charge in [-0.15, -0.1) is 0 Å². The van der Waals surface area contributed by atoms with Crippen LogP contribution >= 0.6 is 0 Å². The lowest BCUT2D eigenvalue weighted by Gasteiger charge is -2.22. The summed E-state index contributed by atoms with van der Waals surface area (Å²) in [6, 6.07) is -0.209. The molecule has 0 radical (unpaired) electrons. The second kappa shape index (κ2) is 4.95. The van der Waals surface area contributed by atoms with Crippen molar-refractivity contribution in [2.75, 3.05) is 19.7 Å². The minimum Gasteiger partial charge on any atom is -0.466 e. The molecule has 0 spiro atoms. The van der Waals surface area contributed by atoms with Gasteiger partial charge in [0.25, 0.3) is 0 Å². The van der Waals surface area contributed by atoms with Gasteiger partial charge in [-0.2, -0.15) is 0 Å². The third-order valence-electron chi connectivity index (χ3n) is 3.31. The van der Waals surface area contributed by atoms with Gasteiger partial charge in [0.1, 0.15) is 0 Å². The molecule has 0 amide bonds. The van der Waals surface area contributed by atoms with Gasteiger partial charge in [0.05, 0.1) is 19.1 Å². The lowest BCUT2D eigenvalue weighted by Crippen LogP contribution is -2.36. The van der Waals surface area contributed by atoms with Crippen molar-refractivity contribution in [2.24, 2.45) is 5.92 Å². The van der Waals surface area contributed by atoms with Gasteiger partial charge < -0.3 is 4.74 Å². The summed E-state index contributed by atoms with van der Waals surface area (Å²) in [5, 5.41) is 0. The predicted octanol–water partition coefficient (Wildman–Crippen LogP) is 0.993. The van der Waals surface area contributed by atoms with E-state index in [2.05, 4.69) is 4.90 Å². The highest BCUT2D eigenvalue weighted by Crippen LogP contribution is 2.32. The van der Waals surface area contributed by atoms with Gasteiger partial charge in [0.2, 0.25) is 0 Å². The fourth-order valence-electron chi connectivity index (χ4n) is 2.25. The minimum absolute atomic E-state index is 0.203. The van der Waals surface area contributed by atoms with Crippen LogP contribution in [-0.2, 0) is 14.3 Å². The number of nitrogens with zero attached hydrogens (tertiary/aromatic N) is 1. The summed E-state index contributed by atoms with van der Waals surface area (Å²) in [5.74, 6) is 0.716. The predicted molar refractivity (Wildman–Crippen MR) is 59.0 cm³/mol. The number of Topliss-reactive ketones (excluding diaryl/α,β-unsaturated/α-hetero) is 1. The molecule has 0 bridgehead atoms. The van der Waals surface area contributed by atoms with E-state index in [0.29, 0.717) is 13.0 Å². The molecule has 0 aromatic heterocycles. The van der Waals surface area contributed by atoms with E-state index in [-0.39, 0.29) is 24.2 Å². The molecule has 2 rings (SSSR count). The summed E-state index contributed by atoms with van der Waals surface area (Å²) in [4.78, 5) is 25.2. The zero-order chi connectivity index (χ0) is 11.5. The van der Waals surface area contributed by atoms with Gasteiger partial charge in [-0.1, -0.05) is 0 Å². The molecule has 1 heterocycles. The van der Waals surface area contributed by atoms with Crippen LogP contribution in [0.15, 0.2) is 0 Å². The Hall–Kier alpha value is -0.900. The third kappa shape index (κ3) is 2.82. The second-order valence-corrected chi connectivity index (χ2v) is 4.68. The smallest absolute Gasteiger partial charge is 0.307 e. The lowest BCUT2D eigenvalue weighted by molar-refractivity contribution is -0.145. The SMILES string of the molecule is CCOC(=O)CC1C(=O)CCN1CC1CC1. The maximum atomic E-state index is 11.7. The number of rotatable bonds is 5. The summed E-state index contributed by atoms with van der Waals surface area (Å²) in [6.07, 6.45) is 3.38. The number of hydrogen-bond acceptors (Lipinski definition) is 4. The normalized spacial score (nSPS) is 26.1. The number of carbonyl (C=O) groups is 2. The van der Waals surface area contributed by atoms with Crippen LogP contribution in [0.2, 0.25) is 0 Å². The summed E-state index contributed by atoms with van der Waals surface area (Å²) in [6.45, 7) is 3.98. The number of likely N-dealkylation sites (tertiary alicyclic amines) is 1. The van der Waals surface area contributed by atoms with Gasteiger partial charge in [-0.25, -0.2) is 0 Å². The molecule has 2 aliphatic rings. The molecule has 0 N–H and O–H groups in total. The lowest BCUT2D eigenvalue weighted by atomic mass is 10.1. The van der Waals surface area contributed by atoms with E-state index in [9.17, 15) is 9.59 Å². The standard InChI is InChI=1S/C12H19NO3/c1-2-16-12(15)7-10-11(14)5-6-13(10)8-9-3-4-9/h9-10H,2-8H2,1H3. The number of hydrogen-bond donors (Lipinski definition) is 0. The summed E-state index contributed by atoms with van der Waals surface area (Å²) in [5.41, 5.74) is 0. The van der Waals surface area contributed by atoms with Crippen molar-refractivity contribution in [2.45, 2.75) is 38.6 Å². The monoisotopic (exact) mass is 225 g/mol. The van der Waals surface area contributed by atoms with E-state index in [1.54, 1.807) is 6.92 Å². The van der Waals surface area contributed by atoms with Gasteiger partial charge in [0, 0.05) is 19.5 Å². The van der Waals surface area contributed by atoms with Crippen LogP contribution in [0.5, 0.6) is 0 Å². The van der Waals surface area contributed by atoms with Gasteiger partial charge in [-0.05, 0) is 25.7 Å². The Morgan fingerprint density at radius 1 is 1.50 bits per heavy atom. The van der Waals surface area contributed by atoms with E-state index < -0.39 is 0 Å². The van der Waals surface area contributed by atoms with Gasteiger partial charge >= 0.3 is 5.97 Å². The quantitative estimate of drug-likeness (QED) is 0.655. The molecular weight excluding hydrogens is 206 g/mol. The van der Waals surface area contributed by atoms with Crippen molar-refractivity contribution in [3.05, 3.63) is 0 Å². The molecule has 2 fully saturated rings. The van der Waals surface area contributed by atoms with E-state index >= 15 is 0 Å². The minimum atomic E-state index is -0.247. The van der Waals surface area contributed by atoms with Crippen molar-refractivity contribution in [3.63, 3.8) is 0 Å². The highest BCUT2D eigenvalue weighted by atomic mass is 16.5. The Labute approximate surface area is 95.9 Å². The van der Waals surface area contributed by atoms with Crippen molar-refractivity contribution in [3.8, 4) is 0 Å². The molecule has 1 saturated heterocycles. The van der Waals surface area contributed by atoms with E-state index in [1.807, 2.05) is 0 Å². The molecule has 4 nitrogen and oxygen atoms in total. The van der Waals surface area contributed by atoms with E-state index in [4.69, 9.17) is 4.74 Å². The zero-order valence-electron chi connectivity index (χ0n) is 9.78. The maximum Gasteiger partial charge on any atom is 0.307 e. The Morgan fingerprint density at radius 2 is 2.25 bits per heavy atom. The number of carbonyl (C=O) groups excluding carboxylic acids is 2. The van der Waals surface area contributed by atoms with Crippen LogP contribution in [0, 0.1) is 5.92 Å². The van der Waals surface area contributed by atoms with Crippen molar-refractivity contribution >= 4 is 11.8 Å². The van der Waals surface area contributed by atoms with Crippen LogP contribution in [0.25, 0.3) is 0 Å². The van der Waals surface area contributed by atoms with Gasteiger partial charge in [0.15, 0.2) is 5.78 Å². The first kappa shape index (κ1) is 11.6. The average molecular weight is 225 g/mol.